The van der Waals surface area contributed by atoms with Crippen molar-refractivity contribution < 1.29 is 37.0 Å². The maximum absolute atomic E-state index is 14.8. The lowest BCUT2D eigenvalue weighted by Crippen LogP contribution is -2.50. The van der Waals surface area contributed by atoms with E-state index in [1.807, 2.05) is 0 Å². The summed E-state index contributed by atoms with van der Waals surface area (Å²) in [6.07, 6.45) is -1.37. The SMILES string of the molecule is COc1cccc(CNC(=O)c2nc3ccc(F)c(OCCc4ccc(NS(=O)(=O)N(C(=O)O)C(C)(C)C)cc4)c3c(=O)[nH]2)c1. The number of fused-ring (bicyclic) bond motifs is 1. The first kappa shape index (κ1) is 32.7. The van der Waals surface area contributed by atoms with Crippen LogP contribution in [-0.2, 0) is 23.2 Å². The van der Waals surface area contributed by atoms with Crippen LogP contribution in [0.5, 0.6) is 11.5 Å². The Labute approximate surface area is 258 Å². The largest absolute Gasteiger partial charge is 0.497 e. The van der Waals surface area contributed by atoms with E-state index in [9.17, 15) is 32.3 Å². The standard InChI is InChI=1S/C30H32FN5O8S/c1-30(2,3)36(29(39)40)45(41,42)35-20-10-8-18(9-11-20)14-15-44-25-22(31)12-13-23-24(25)27(37)34-26(33-23)28(38)32-17-19-6-5-7-21(16-19)43-4/h5-13,16,35H,14-15,17H2,1-4H3,(H,32,38)(H,39,40)(H,33,34,37). The quantitative estimate of drug-likeness (QED) is 0.188. The van der Waals surface area contributed by atoms with Crippen molar-refractivity contribution in [2.24, 2.45) is 0 Å². The minimum Gasteiger partial charge on any atom is -0.497 e. The third-order valence-electron chi connectivity index (χ3n) is 6.44. The number of anilines is 1. The number of benzene rings is 3. The lowest BCUT2D eigenvalue weighted by molar-refractivity contribution is 0.0940. The van der Waals surface area contributed by atoms with Crippen LogP contribution in [0.3, 0.4) is 0 Å². The van der Waals surface area contributed by atoms with Crippen molar-refractivity contribution in [2.45, 2.75) is 39.3 Å². The summed E-state index contributed by atoms with van der Waals surface area (Å²) in [4.78, 5) is 43.8. The number of hydrogen-bond acceptors (Lipinski definition) is 8. The van der Waals surface area contributed by atoms with Crippen molar-refractivity contribution >= 4 is 38.8 Å². The van der Waals surface area contributed by atoms with Gasteiger partial charge in [-0.05, 0) is 68.3 Å². The summed E-state index contributed by atoms with van der Waals surface area (Å²) >= 11 is 0. The zero-order valence-corrected chi connectivity index (χ0v) is 25.7. The average molecular weight is 642 g/mol. The zero-order valence-electron chi connectivity index (χ0n) is 24.9. The van der Waals surface area contributed by atoms with Gasteiger partial charge in [-0.25, -0.2) is 14.2 Å². The van der Waals surface area contributed by atoms with Gasteiger partial charge in [0.15, 0.2) is 17.4 Å². The molecule has 0 atom stereocenters. The number of ether oxygens (including phenoxy) is 2. The Kier molecular flexibility index (Phi) is 9.61. The zero-order chi connectivity index (χ0) is 32.9. The Morgan fingerprint density at radius 3 is 2.42 bits per heavy atom. The van der Waals surface area contributed by atoms with Gasteiger partial charge in [-0.15, -0.1) is 0 Å². The molecule has 0 aliphatic carbocycles. The molecule has 238 valence electrons. The number of halogens is 1. The normalized spacial score (nSPS) is 11.6. The van der Waals surface area contributed by atoms with Crippen molar-refractivity contribution in [2.75, 3.05) is 18.4 Å². The van der Waals surface area contributed by atoms with Gasteiger partial charge in [-0.2, -0.15) is 12.7 Å². The van der Waals surface area contributed by atoms with Crippen molar-refractivity contribution in [3.63, 3.8) is 0 Å². The number of carboxylic acid groups (broad SMARTS) is 1. The molecule has 13 nitrogen and oxygen atoms in total. The van der Waals surface area contributed by atoms with Gasteiger partial charge in [0, 0.05) is 13.0 Å². The minimum atomic E-state index is -4.41. The van der Waals surface area contributed by atoms with Gasteiger partial charge < -0.3 is 24.9 Å². The fourth-order valence-corrected chi connectivity index (χ4v) is 5.88. The molecule has 2 amide bonds. The second kappa shape index (κ2) is 13.2. The lowest BCUT2D eigenvalue weighted by atomic mass is 10.1. The summed E-state index contributed by atoms with van der Waals surface area (Å²) in [5.74, 6) is -1.39. The maximum atomic E-state index is 14.8. The molecular weight excluding hydrogens is 609 g/mol. The third kappa shape index (κ3) is 7.86. The monoisotopic (exact) mass is 641 g/mol. The summed E-state index contributed by atoms with van der Waals surface area (Å²) in [6, 6.07) is 15.5. The van der Waals surface area contributed by atoms with Crippen molar-refractivity contribution in [1.29, 1.82) is 0 Å². The van der Waals surface area contributed by atoms with Crippen molar-refractivity contribution in [1.82, 2.24) is 19.6 Å². The van der Waals surface area contributed by atoms with Gasteiger partial charge >= 0.3 is 16.3 Å². The Hall–Kier alpha value is -5.18. The Morgan fingerprint density at radius 2 is 1.78 bits per heavy atom. The number of hydrogen-bond donors (Lipinski definition) is 4. The van der Waals surface area contributed by atoms with E-state index in [2.05, 4.69) is 20.0 Å². The van der Waals surface area contributed by atoms with E-state index in [1.165, 1.54) is 46.1 Å². The van der Waals surface area contributed by atoms with Crippen LogP contribution in [0, 0.1) is 5.82 Å². The molecule has 0 bridgehead atoms. The van der Waals surface area contributed by atoms with Crippen LogP contribution in [0.4, 0.5) is 14.9 Å². The number of methoxy groups -OCH3 is 1. The van der Waals surface area contributed by atoms with Gasteiger partial charge in [0.2, 0.25) is 0 Å². The molecule has 45 heavy (non-hydrogen) atoms. The van der Waals surface area contributed by atoms with Crippen molar-refractivity contribution in [3.8, 4) is 11.5 Å². The van der Waals surface area contributed by atoms with Crippen LogP contribution < -0.4 is 25.1 Å². The van der Waals surface area contributed by atoms with Gasteiger partial charge in [-0.1, -0.05) is 24.3 Å². The van der Waals surface area contributed by atoms with Gasteiger partial charge in [0.25, 0.3) is 11.5 Å². The van der Waals surface area contributed by atoms with Gasteiger partial charge in [0.1, 0.15) is 11.1 Å². The first-order valence-electron chi connectivity index (χ1n) is 13.6. The summed E-state index contributed by atoms with van der Waals surface area (Å²) in [5.41, 5.74) is -0.325. The number of nitrogens with zero attached hydrogens (tertiary/aromatic N) is 2. The Balaban J connectivity index is 1.43. The number of amides is 2. The molecule has 1 heterocycles. The van der Waals surface area contributed by atoms with Crippen LogP contribution in [0.15, 0.2) is 65.5 Å². The first-order valence-corrected chi connectivity index (χ1v) is 15.0. The molecule has 0 radical (unpaired) electrons. The highest BCUT2D eigenvalue weighted by atomic mass is 32.2. The van der Waals surface area contributed by atoms with E-state index in [4.69, 9.17) is 9.47 Å². The number of carbonyl (C=O) groups excluding carboxylic acids is 1. The summed E-state index contributed by atoms with van der Waals surface area (Å²) in [5, 5.41) is 11.9. The molecule has 4 N–H and O–H groups in total. The van der Waals surface area contributed by atoms with Crippen LogP contribution in [0.1, 0.15) is 42.5 Å². The van der Waals surface area contributed by atoms with Crippen molar-refractivity contribution in [3.05, 3.63) is 93.8 Å². The third-order valence-corrected chi connectivity index (χ3v) is 8.12. The second-order valence-electron chi connectivity index (χ2n) is 10.8. The number of nitrogens with one attached hydrogen (secondary N) is 3. The number of rotatable bonds is 11. The Morgan fingerprint density at radius 1 is 1.07 bits per heavy atom. The van der Waals surface area contributed by atoms with E-state index in [0.29, 0.717) is 15.6 Å². The number of carbonyl (C=O) groups is 2. The number of aromatic amines is 1. The van der Waals surface area contributed by atoms with E-state index in [-0.39, 0.29) is 47.7 Å². The molecule has 15 heteroatoms. The predicted molar refractivity (Wildman–Crippen MR) is 164 cm³/mol. The predicted octanol–water partition coefficient (Wildman–Crippen LogP) is 4.06. The van der Waals surface area contributed by atoms with E-state index in [0.717, 1.165) is 11.6 Å². The van der Waals surface area contributed by atoms with Crippen LogP contribution in [-0.4, -0.2) is 59.1 Å². The molecule has 4 rings (SSSR count). The highest BCUT2D eigenvalue weighted by Gasteiger charge is 2.37. The number of aromatic nitrogens is 2. The lowest BCUT2D eigenvalue weighted by Gasteiger charge is -2.31. The molecule has 0 aliphatic rings. The molecule has 0 aliphatic heterocycles. The van der Waals surface area contributed by atoms with Crippen LogP contribution in [0.2, 0.25) is 0 Å². The molecule has 0 saturated heterocycles. The molecule has 0 spiro atoms. The molecule has 3 aromatic carbocycles. The molecular formula is C30H32FN5O8S. The fraction of sp³-hybridized carbons (Fsp3) is 0.267. The van der Waals surface area contributed by atoms with Gasteiger partial charge in [0.05, 0.1) is 30.5 Å². The topological polar surface area (TPSA) is 180 Å². The van der Waals surface area contributed by atoms with E-state index >= 15 is 0 Å². The molecule has 0 fully saturated rings. The minimum absolute atomic E-state index is 0.0554. The highest BCUT2D eigenvalue weighted by Crippen LogP contribution is 2.26. The van der Waals surface area contributed by atoms with Gasteiger partial charge in [-0.3, -0.25) is 14.3 Å². The Bertz CT molecular complexity index is 1890. The summed E-state index contributed by atoms with van der Waals surface area (Å²) < 4.78 is 53.5. The van der Waals surface area contributed by atoms with Crippen LogP contribution in [0.25, 0.3) is 10.9 Å². The first-order chi connectivity index (χ1) is 21.2. The molecule has 0 saturated carbocycles. The summed E-state index contributed by atoms with van der Waals surface area (Å²) in [7, 11) is -2.88. The molecule has 4 aromatic rings. The highest BCUT2D eigenvalue weighted by molar-refractivity contribution is 7.91. The van der Waals surface area contributed by atoms with E-state index in [1.54, 1.807) is 36.4 Å². The smallest absolute Gasteiger partial charge is 0.422 e. The second-order valence-corrected chi connectivity index (χ2v) is 12.4. The van der Waals surface area contributed by atoms with Crippen LogP contribution >= 0.6 is 0 Å². The van der Waals surface area contributed by atoms with E-state index < -0.39 is 39.1 Å². The number of H-pyrrole nitrogens is 1. The molecule has 0 unspecified atom stereocenters. The average Bonchev–Trinajstić information content (AvgIpc) is 2.96. The molecule has 1 aromatic heterocycles. The summed E-state index contributed by atoms with van der Waals surface area (Å²) in [6.45, 7) is 4.45. The maximum Gasteiger partial charge on any atom is 0.422 e. The fourth-order valence-electron chi connectivity index (χ4n) is 4.43.